The molecule has 0 aromatic carbocycles. The van der Waals surface area contributed by atoms with E-state index in [9.17, 15) is 5.26 Å². The summed E-state index contributed by atoms with van der Waals surface area (Å²) in [5.74, 6) is 0.586. The molecule has 2 fully saturated rings. The third-order valence-electron chi connectivity index (χ3n) is 4.83. The number of aromatic nitrogens is 1. The van der Waals surface area contributed by atoms with Crippen LogP contribution in [0.1, 0.15) is 39.7 Å². The van der Waals surface area contributed by atoms with E-state index in [4.69, 9.17) is 14.0 Å². The van der Waals surface area contributed by atoms with Crippen LogP contribution in [0.25, 0.3) is 0 Å². The minimum atomic E-state index is -0.511. The molecule has 23 heavy (non-hydrogen) atoms. The number of nitrogens with zero attached hydrogens (tertiary/aromatic N) is 2. The number of ether oxygens (including phenoxy) is 1. The Hall–Kier alpha value is -1.62. The van der Waals surface area contributed by atoms with Crippen LogP contribution >= 0.6 is 0 Å². The van der Waals surface area contributed by atoms with Crippen LogP contribution in [0.15, 0.2) is 12.3 Å². The molecule has 2 aliphatic rings. The minimum Gasteiger partial charge on any atom is -0.399 e. The standard InChI is InChI=1S/C16H22BN3O3/c1-15(2)16(3,4)23-17(22-15)12-7-11(8-18)14(19-9-12)20-13-5-6-21-10-13/h7,9,13H,5-6,10H2,1-4H3,(H,19,20)/t13-/m0/s1. The topological polar surface area (TPSA) is 76.4 Å². The van der Waals surface area contributed by atoms with Gasteiger partial charge in [0.25, 0.3) is 0 Å². The Morgan fingerprint density at radius 2 is 2.00 bits per heavy atom. The summed E-state index contributed by atoms with van der Waals surface area (Å²) in [6, 6.07) is 4.19. The van der Waals surface area contributed by atoms with Crippen LogP contribution in [0.2, 0.25) is 0 Å². The first-order valence-corrected chi connectivity index (χ1v) is 7.92. The first-order chi connectivity index (χ1) is 10.8. The lowest BCUT2D eigenvalue weighted by molar-refractivity contribution is 0.00578. The monoisotopic (exact) mass is 315 g/mol. The van der Waals surface area contributed by atoms with Crippen molar-refractivity contribution in [1.82, 2.24) is 4.98 Å². The molecule has 0 saturated carbocycles. The van der Waals surface area contributed by atoms with Gasteiger partial charge in [-0.25, -0.2) is 4.98 Å². The van der Waals surface area contributed by atoms with Crippen LogP contribution in [0.5, 0.6) is 0 Å². The van der Waals surface area contributed by atoms with Crippen molar-refractivity contribution in [1.29, 1.82) is 5.26 Å². The van der Waals surface area contributed by atoms with Crippen molar-refractivity contribution in [3.63, 3.8) is 0 Å². The molecule has 3 rings (SSSR count). The summed E-state index contributed by atoms with van der Waals surface area (Å²) in [7, 11) is -0.511. The third-order valence-corrected chi connectivity index (χ3v) is 4.83. The molecule has 0 aliphatic carbocycles. The molecule has 1 atom stereocenters. The molecule has 122 valence electrons. The van der Waals surface area contributed by atoms with Crippen molar-refractivity contribution in [2.75, 3.05) is 18.5 Å². The Kier molecular flexibility index (Phi) is 4.09. The van der Waals surface area contributed by atoms with Crippen LogP contribution < -0.4 is 10.8 Å². The number of anilines is 1. The van der Waals surface area contributed by atoms with Gasteiger partial charge >= 0.3 is 7.12 Å². The molecule has 2 saturated heterocycles. The number of hydrogen-bond donors (Lipinski definition) is 1. The van der Waals surface area contributed by atoms with Gasteiger partial charge in [0.1, 0.15) is 11.9 Å². The highest BCUT2D eigenvalue weighted by molar-refractivity contribution is 6.62. The van der Waals surface area contributed by atoms with E-state index in [1.54, 1.807) is 12.3 Å². The van der Waals surface area contributed by atoms with Crippen molar-refractivity contribution in [2.24, 2.45) is 0 Å². The molecular weight excluding hydrogens is 293 g/mol. The molecule has 1 aromatic heterocycles. The van der Waals surface area contributed by atoms with Gasteiger partial charge in [-0.1, -0.05) is 0 Å². The lowest BCUT2D eigenvalue weighted by Gasteiger charge is -2.32. The maximum absolute atomic E-state index is 9.42. The van der Waals surface area contributed by atoms with Crippen LogP contribution in [-0.2, 0) is 14.0 Å². The van der Waals surface area contributed by atoms with E-state index in [1.165, 1.54) is 0 Å². The highest BCUT2D eigenvalue weighted by Crippen LogP contribution is 2.36. The maximum atomic E-state index is 9.42. The quantitative estimate of drug-likeness (QED) is 0.851. The summed E-state index contributed by atoms with van der Waals surface area (Å²) in [6.07, 6.45) is 2.63. The summed E-state index contributed by atoms with van der Waals surface area (Å²) < 4.78 is 17.4. The number of nitrogens with one attached hydrogen (secondary N) is 1. The fourth-order valence-corrected chi connectivity index (χ4v) is 2.63. The largest absolute Gasteiger partial charge is 0.496 e. The minimum absolute atomic E-state index is 0.206. The fraction of sp³-hybridized carbons (Fsp3) is 0.625. The van der Waals surface area contributed by atoms with Crippen LogP contribution in [-0.4, -0.2) is 42.6 Å². The van der Waals surface area contributed by atoms with E-state index >= 15 is 0 Å². The van der Waals surface area contributed by atoms with E-state index in [2.05, 4.69) is 16.4 Å². The smallest absolute Gasteiger partial charge is 0.399 e. The second kappa shape index (κ2) is 5.79. The van der Waals surface area contributed by atoms with Crippen LogP contribution in [0, 0.1) is 11.3 Å². The summed E-state index contributed by atoms with van der Waals surface area (Å²) >= 11 is 0. The third kappa shape index (κ3) is 3.07. The molecule has 1 N–H and O–H groups in total. The average Bonchev–Trinajstić information content (AvgIpc) is 3.06. The maximum Gasteiger partial charge on any atom is 0.496 e. The molecular formula is C16H22BN3O3. The van der Waals surface area contributed by atoms with Gasteiger partial charge in [0, 0.05) is 18.3 Å². The lowest BCUT2D eigenvalue weighted by atomic mass is 9.79. The van der Waals surface area contributed by atoms with E-state index in [0.717, 1.165) is 18.5 Å². The highest BCUT2D eigenvalue weighted by Gasteiger charge is 2.51. The molecule has 6 nitrogen and oxygen atoms in total. The Morgan fingerprint density at radius 1 is 1.30 bits per heavy atom. The molecule has 0 amide bonds. The molecule has 7 heteroatoms. The molecule has 1 aromatic rings. The second-order valence-corrected chi connectivity index (χ2v) is 7.07. The number of hydrogen-bond acceptors (Lipinski definition) is 6. The zero-order valence-electron chi connectivity index (χ0n) is 14.0. The lowest BCUT2D eigenvalue weighted by Crippen LogP contribution is -2.41. The second-order valence-electron chi connectivity index (χ2n) is 7.07. The molecule has 0 radical (unpaired) electrons. The van der Waals surface area contributed by atoms with Crippen LogP contribution in [0.3, 0.4) is 0 Å². The van der Waals surface area contributed by atoms with Crippen LogP contribution in [0.4, 0.5) is 5.82 Å². The predicted octanol–water partition coefficient (Wildman–Crippen LogP) is 1.45. The van der Waals surface area contributed by atoms with Gasteiger partial charge < -0.3 is 19.4 Å². The summed E-state index contributed by atoms with van der Waals surface area (Å²) in [5, 5.41) is 12.7. The summed E-state index contributed by atoms with van der Waals surface area (Å²) in [4.78, 5) is 4.40. The summed E-state index contributed by atoms with van der Waals surface area (Å²) in [6.45, 7) is 9.39. The molecule has 0 bridgehead atoms. The Morgan fingerprint density at radius 3 is 2.57 bits per heavy atom. The predicted molar refractivity (Wildman–Crippen MR) is 87.5 cm³/mol. The van der Waals surface area contributed by atoms with E-state index in [0.29, 0.717) is 18.0 Å². The normalized spacial score (nSPS) is 25.3. The van der Waals surface area contributed by atoms with Crippen molar-refractivity contribution in [3.05, 3.63) is 17.8 Å². The van der Waals surface area contributed by atoms with E-state index in [1.807, 2.05) is 27.7 Å². The number of nitriles is 1. The first kappa shape index (κ1) is 16.3. The molecule has 2 aliphatic heterocycles. The van der Waals surface area contributed by atoms with E-state index < -0.39 is 18.3 Å². The molecule has 3 heterocycles. The van der Waals surface area contributed by atoms with Gasteiger partial charge in [-0.2, -0.15) is 5.26 Å². The van der Waals surface area contributed by atoms with Crippen molar-refractivity contribution >= 4 is 18.4 Å². The van der Waals surface area contributed by atoms with E-state index in [-0.39, 0.29) is 6.04 Å². The fourth-order valence-electron chi connectivity index (χ4n) is 2.63. The van der Waals surface area contributed by atoms with Crippen molar-refractivity contribution in [2.45, 2.75) is 51.4 Å². The van der Waals surface area contributed by atoms with Gasteiger partial charge in [-0.05, 0) is 40.2 Å². The zero-order valence-corrected chi connectivity index (χ0v) is 14.0. The van der Waals surface area contributed by atoms with Crippen molar-refractivity contribution < 1.29 is 14.0 Å². The van der Waals surface area contributed by atoms with Gasteiger partial charge in [0.2, 0.25) is 0 Å². The zero-order chi connectivity index (χ0) is 16.7. The van der Waals surface area contributed by atoms with Gasteiger partial charge in [0.15, 0.2) is 0 Å². The Labute approximate surface area is 137 Å². The van der Waals surface area contributed by atoms with Crippen molar-refractivity contribution in [3.8, 4) is 6.07 Å². The SMILES string of the molecule is CC1(C)OB(c2cnc(N[C@H]3CCOC3)c(C#N)c2)OC1(C)C. The average molecular weight is 315 g/mol. The Bertz CT molecular complexity index is 620. The molecule has 0 unspecified atom stereocenters. The summed E-state index contributed by atoms with van der Waals surface area (Å²) in [5.41, 5.74) is 0.420. The number of rotatable bonds is 3. The first-order valence-electron chi connectivity index (χ1n) is 7.92. The Balaban J connectivity index is 1.81. The number of pyridine rings is 1. The van der Waals surface area contributed by atoms with Gasteiger partial charge in [-0.15, -0.1) is 0 Å². The molecule has 0 spiro atoms. The van der Waals surface area contributed by atoms with Gasteiger partial charge in [-0.3, -0.25) is 0 Å². The van der Waals surface area contributed by atoms with Gasteiger partial charge in [0.05, 0.1) is 29.4 Å². The highest BCUT2D eigenvalue weighted by atomic mass is 16.7.